The van der Waals surface area contributed by atoms with Crippen molar-refractivity contribution >= 4 is 17.2 Å². The highest BCUT2D eigenvalue weighted by atomic mass is 19.4. The number of hydrogen-bond acceptors (Lipinski definition) is 3. The van der Waals surface area contributed by atoms with E-state index in [-0.39, 0.29) is 0 Å². The van der Waals surface area contributed by atoms with Crippen molar-refractivity contribution in [3.63, 3.8) is 0 Å². The van der Waals surface area contributed by atoms with Crippen molar-refractivity contribution in [3.05, 3.63) is 47.2 Å². The minimum Gasteiger partial charge on any atom is -0.396 e. The Morgan fingerprint density at radius 2 is 1.80 bits per heavy atom. The summed E-state index contributed by atoms with van der Waals surface area (Å²) in [5, 5.41) is 2.86. The molecule has 0 unspecified atom stereocenters. The number of aromatic nitrogens is 1. The van der Waals surface area contributed by atoms with Crippen molar-refractivity contribution in [2.45, 2.75) is 20.0 Å². The van der Waals surface area contributed by atoms with Crippen LogP contribution in [0.4, 0.5) is 30.4 Å². The number of halogens is 3. The summed E-state index contributed by atoms with van der Waals surface area (Å²) in [6, 6.07) is 6.91. The highest BCUT2D eigenvalue weighted by Crippen LogP contribution is 2.33. The fourth-order valence-corrected chi connectivity index (χ4v) is 1.73. The van der Waals surface area contributed by atoms with E-state index >= 15 is 0 Å². The molecule has 0 aliphatic rings. The third-order valence-electron chi connectivity index (χ3n) is 2.88. The molecule has 0 saturated carbocycles. The van der Waals surface area contributed by atoms with E-state index in [1.165, 1.54) is 6.07 Å². The van der Waals surface area contributed by atoms with Crippen LogP contribution in [0.1, 0.15) is 16.8 Å². The number of nitrogen functional groups attached to an aromatic ring is 1. The van der Waals surface area contributed by atoms with E-state index in [0.29, 0.717) is 22.8 Å². The number of alkyl halides is 3. The molecule has 0 bridgehead atoms. The predicted octanol–water partition coefficient (Wildman–Crippen LogP) is 4.04. The van der Waals surface area contributed by atoms with Crippen molar-refractivity contribution in [2.24, 2.45) is 0 Å². The molecule has 1 aromatic heterocycles. The Hall–Kier alpha value is -2.24. The van der Waals surface area contributed by atoms with Gasteiger partial charge in [0, 0.05) is 11.4 Å². The van der Waals surface area contributed by atoms with Gasteiger partial charge in [-0.3, -0.25) is 0 Å². The first-order valence-corrected chi connectivity index (χ1v) is 5.95. The van der Waals surface area contributed by atoms with E-state index in [0.717, 1.165) is 17.8 Å². The lowest BCUT2D eigenvalue weighted by molar-refractivity contribution is -0.137. The zero-order valence-corrected chi connectivity index (χ0v) is 11.0. The molecular formula is C14H14F3N3. The third kappa shape index (κ3) is 3.01. The maximum Gasteiger partial charge on any atom is 0.416 e. The summed E-state index contributed by atoms with van der Waals surface area (Å²) in [6.45, 7) is 3.50. The summed E-state index contributed by atoms with van der Waals surface area (Å²) in [4.78, 5) is 4.18. The van der Waals surface area contributed by atoms with Crippen LogP contribution in [-0.4, -0.2) is 4.98 Å². The SMILES string of the molecule is Cc1ccc(N)c(Nc2cc(C(F)(F)F)ccc2C)n1. The standard InChI is InChI=1S/C14H14F3N3/c1-8-3-5-10(14(15,16)17)7-12(8)20-13-11(18)6-4-9(2)19-13/h3-7H,18H2,1-2H3,(H,19,20). The molecule has 1 heterocycles. The van der Waals surface area contributed by atoms with Crippen LogP contribution in [0.3, 0.4) is 0 Å². The molecule has 0 aliphatic carbocycles. The van der Waals surface area contributed by atoms with Crippen LogP contribution in [-0.2, 0) is 6.18 Å². The molecule has 6 heteroatoms. The van der Waals surface area contributed by atoms with Crippen molar-refractivity contribution in [2.75, 3.05) is 11.1 Å². The normalized spacial score (nSPS) is 11.4. The average molecular weight is 281 g/mol. The zero-order chi connectivity index (χ0) is 14.9. The Morgan fingerprint density at radius 3 is 2.45 bits per heavy atom. The summed E-state index contributed by atoms with van der Waals surface area (Å²) in [5.41, 5.74) is 7.18. The number of rotatable bonds is 2. The smallest absolute Gasteiger partial charge is 0.396 e. The molecule has 2 rings (SSSR count). The second-order valence-corrected chi connectivity index (χ2v) is 4.54. The molecule has 0 atom stereocenters. The molecule has 0 spiro atoms. The first-order chi connectivity index (χ1) is 9.27. The average Bonchev–Trinajstić information content (AvgIpc) is 2.35. The van der Waals surface area contributed by atoms with Crippen LogP contribution in [0.15, 0.2) is 30.3 Å². The summed E-state index contributed by atoms with van der Waals surface area (Å²) < 4.78 is 38.1. The van der Waals surface area contributed by atoms with Gasteiger partial charge in [-0.1, -0.05) is 6.07 Å². The highest BCUT2D eigenvalue weighted by Gasteiger charge is 2.30. The van der Waals surface area contributed by atoms with Gasteiger partial charge in [0.25, 0.3) is 0 Å². The molecule has 0 aliphatic heterocycles. The number of nitrogens with two attached hydrogens (primary N) is 1. The first kappa shape index (κ1) is 14.2. The van der Waals surface area contributed by atoms with Gasteiger partial charge >= 0.3 is 6.18 Å². The molecule has 0 radical (unpaired) electrons. The Bertz CT molecular complexity index is 636. The van der Waals surface area contributed by atoms with Gasteiger partial charge in [-0.2, -0.15) is 13.2 Å². The van der Waals surface area contributed by atoms with Gasteiger partial charge in [-0.25, -0.2) is 4.98 Å². The molecule has 20 heavy (non-hydrogen) atoms. The van der Waals surface area contributed by atoms with Gasteiger partial charge in [-0.15, -0.1) is 0 Å². The Kier molecular flexibility index (Phi) is 3.57. The van der Waals surface area contributed by atoms with Crippen LogP contribution in [0, 0.1) is 13.8 Å². The van der Waals surface area contributed by atoms with E-state index in [1.807, 2.05) is 0 Å². The van der Waals surface area contributed by atoms with Crippen LogP contribution in [0.5, 0.6) is 0 Å². The number of hydrogen-bond donors (Lipinski definition) is 2. The maximum atomic E-state index is 12.7. The van der Waals surface area contributed by atoms with Crippen LogP contribution in [0.2, 0.25) is 0 Å². The zero-order valence-electron chi connectivity index (χ0n) is 11.0. The number of benzene rings is 1. The molecule has 3 nitrogen and oxygen atoms in total. The Balaban J connectivity index is 2.40. The van der Waals surface area contributed by atoms with Crippen molar-refractivity contribution in [3.8, 4) is 0 Å². The van der Waals surface area contributed by atoms with Crippen LogP contribution in [0.25, 0.3) is 0 Å². The van der Waals surface area contributed by atoms with Crippen LogP contribution >= 0.6 is 0 Å². The highest BCUT2D eigenvalue weighted by molar-refractivity contribution is 5.70. The Labute approximate surface area is 114 Å². The summed E-state index contributed by atoms with van der Waals surface area (Å²) >= 11 is 0. The molecule has 1 aromatic carbocycles. The third-order valence-corrected chi connectivity index (χ3v) is 2.88. The fourth-order valence-electron chi connectivity index (χ4n) is 1.73. The van der Waals surface area contributed by atoms with Gasteiger partial charge in [-0.05, 0) is 43.7 Å². The molecule has 2 aromatic rings. The van der Waals surface area contributed by atoms with E-state index in [4.69, 9.17) is 5.73 Å². The van der Waals surface area contributed by atoms with Gasteiger partial charge in [0.2, 0.25) is 0 Å². The number of pyridine rings is 1. The summed E-state index contributed by atoms with van der Waals surface area (Å²) in [7, 11) is 0. The number of anilines is 3. The molecule has 0 amide bonds. The van der Waals surface area contributed by atoms with E-state index in [2.05, 4.69) is 10.3 Å². The van der Waals surface area contributed by atoms with E-state index in [1.54, 1.807) is 26.0 Å². The van der Waals surface area contributed by atoms with Crippen molar-refractivity contribution in [1.82, 2.24) is 4.98 Å². The van der Waals surface area contributed by atoms with Gasteiger partial charge < -0.3 is 11.1 Å². The first-order valence-electron chi connectivity index (χ1n) is 5.95. The monoisotopic (exact) mass is 281 g/mol. The largest absolute Gasteiger partial charge is 0.416 e. The number of aryl methyl sites for hydroxylation is 2. The quantitative estimate of drug-likeness (QED) is 0.873. The molecule has 106 valence electrons. The number of nitrogens with one attached hydrogen (secondary N) is 1. The second-order valence-electron chi connectivity index (χ2n) is 4.54. The summed E-state index contributed by atoms with van der Waals surface area (Å²) in [6.07, 6.45) is -4.38. The molecule has 0 fully saturated rings. The minimum atomic E-state index is -4.38. The maximum absolute atomic E-state index is 12.7. The van der Waals surface area contributed by atoms with Gasteiger partial charge in [0.15, 0.2) is 5.82 Å². The lowest BCUT2D eigenvalue weighted by atomic mass is 10.1. The molecular weight excluding hydrogens is 267 g/mol. The molecule has 3 N–H and O–H groups in total. The molecule has 0 saturated heterocycles. The van der Waals surface area contributed by atoms with Gasteiger partial charge in [0.1, 0.15) is 0 Å². The Morgan fingerprint density at radius 1 is 1.10 bits per heavy atom. The number of nitrogens with zero attached hydrogens (tertiary/aromatic N) is 1. The second kappa shape index (κ2) is 5.03. The van der Waals surface area contributed by atoms with E-state index in [9.17, 15) is 13.2 Å². The predicted molar refractivity (Wildman–Crippen MR) is 72.9 cm³/mol. The lowest BCUT2D eigenvalue weighted by Gasteiger charge is -2.14. The van der Waals surface area contributed by atoms with Crippen molar-refractivity contribution < 1.29 is 13.2 Å². The topological polar surface area (TPSA) is 50.9 Å². The van der Waals surface area contributed by atoms with E-state index < -0.39 is 11.7 Å². The van der Waals surface area contributed by atoms with Crippen molar-refractivity contribution in [1.29, 1.82) is 0 Å². The van der Waals surface area contributed by atoms with Crippen LogP contribution < -0.4 is 11.1 Å². The summed E-state index contributed by atoms with van der Waals surface area (Å²) in [5.74, 6) is 0.354. The van der Waals surface area contributed by atoms with Gasteiger partial charge in [0.05, 0.1) is 11.3 Å². The fraction of sp³-hybridized carbons (Fsp3) is 0.214. The lowest BCUT2D eigenvalue weighted by Crippen LogP contribution is -2.07. The minimum absolute atomic E-state index is 0.338.